The van der Waals surface area contributed by atoms with Gasteiger partial charge in [-0.3, -0.25) is 0 Å². The number of benzene rings is 10. The molecule has 0 amide bonds. The van der Waals surface area contributed by atoms with Crippen LogP contribution in [0.25, 0.3) is 93.9 Å². The van der Waals surface area contributed by atoms with Gasteiger partial charge in [-0.1, -0.05) is 194 Å². The third-order valence-corrected chi connectivity index (χ3v) is 15.2. The molecule has 2 heteroatoms. The molecule has 13 rings (SSSR count). The molecule has 10 aromatic carbocycles. The summed E-state index contributed by atoms with van der Waals surface area (Å²) in [5, 5.41) is 8.59. The van der Waals surface area contributed by atoms with Crippen LogP contribution in [0.2, 0.25) is 0 Å². The lowest BCUT2D eigenvalue weighted by atomic mass is 9.67. The number of pyridine rings is 1. The minimum atomic E-state index is -0.459. The summed E-state index contributed by atoms with van der Waals surface area (Å²) in [7, 11) is 0. The summed E-state index contributed by atoms with van der Waals surface area (Å²) in [6.07, 6.45) is 6.08. The molecule has 0 saturated carbocycles. The first kappa shape index (κ1) is 37.7. The number of rotatable bonds is 5. The van der Waals surface area contributed by atoms with Crippen LogP contribution in [0.5, 0.6) is 0 Å². The molecule has 0 unspecified atom stereocenters. The second kappa shape index (κ2) is 14.6. The molecule has 2 heterocycles. The molecule has 1 aromatic heterocycles. The first-order valence-corrected chi connectivity index (χ1v) is 23.2. The Morgan fingerprint density at radius 3 is 1.78 bits per heavy atom. The second-order valence-electron chi connectivity index (χ2n) is 17.4. The lowest BCUT2D eigenvalue weighted by molar-refractivity contribution is 0.723. The average molecular weight is 844 g/mol. The van der Waals surface area contributed by atoms with Gasteiger partial charge in [0.25, 0.3) is 0 Å². The van der Waals surface area contributed by atoms with Crippen LogP contribution in [0.1, 0.15) is 33.4 Å². The highest BCUT2D eigenvalue weighted by atomic mass is 32.2. The van der Waals surface area contributed by atoms with Gasteiger partial charge in [-0.05, 0) is 143 Å². The molecule has 1 spiro atoms. The molecule has 65 heavy (non-hydrogen) atoms. The monoisotopic (exact) mass is 843 g/mol. The first-order valence-electron chi connectivity index (χ1n) is 22.4. The van der Waals surface area contributed by atoms with Crippen molar-refractivity contribution in [3.63, 3.8) is 0 Å². The number of fused-ring (bicyclic) bond motifs is 15. The Bertz CT molecular complexity index is 3790. The van der Waals surface area contributed by atoms with Crippen molar-refractivity contribution in [2.45, 2.75) is 22.1 Å². The van der Waals surface area contributed by atoms with Gasteiger partial charge in [0.15, 0.2) is 0 Å². The Morgan fingerprint density at radius 1 is 0.431 bits per heavy atom. The molecule has 0 bridgehead atoms. The molecule has 304 valence electrons. The first-order chi connectivity index (χ1) is 32.1. The summed E-state index contributed by atoms with van der Waals surface area (Å²) in [5.41, 5.74) is 17.8. The summed E-state index contributed by atoms with van der Waals surface area (Å²) in [6.45, 7) is 6.18. The molecule has 0 atom stereocenters. The molecular weight excluding hydrogens is 803 g/mol. The van der Waals surface area contributed by atoms with Crippen LogP contribution in [0.15, 0.2) is 229 Å². The van der Waals surface area contributed by atoms with E-state index in [2.05, 4.69) is 220 Å². The highest BCUT2D eigenvalue weighted by Gasteiger charge is 2.50. The minimum absolute atomic E-state index is 0.459. The van der Waals surface area contributed by atoms with Crippen molar-refractivity contribution < 1.29 is 0 Å². The molecule has 0 N–H and O–H groups in total. The third kappa shape index (κ3) is 5.57. The summed E-state index contributed by atoms with van der Waals surface area (Å²) in [5.74, 6) is 0. The SMILES string of the molecule is C=C/C=C\c1c(C)c2cc(-c3cccc(-c4ccc5c(c4)nc(-c4ccccc4)c4cc6c(cc45)C4(c5ccccc5Sc5ccccc54)c4ccccc4-6)c3)ccc2c2ccccc12. The predicted octanol–water partition coefficient (Wildman–Crippen LogP) is 17.0. The third-order valence-electron chi connectivity index (χ3n) is 14.1. The minimum Gasteiger partial charge on any atom is -0.247 e. The smallest absolute Gasteiger partial charge is 0.0788 e. The Morgan fingerprint density at radius 2 is 1.03 bits per heavy atom. The highest BCUT2D eigenvalue weighted by molar-refractivity contribution is 7.99. The lowest BCUT2D eigenvalue weighted by Crippen LogP contribution is -2.31. The van der Waals surface area contributed by atoms with E-state index in [1.54, 1.807) is 0 Å². The van der Waals surface area contributed by atoms with Crippen LogP contribution in [0, 0.1) is 6.92 Å². The Balaban J connectivity index is 1.01. The molecule has 0 saturated heterocycles. The average Bonchev–Trinajstić information content (AvgIpc) is 3.65. The number of aromatic nitrogens is 1. The fraction of sp³-hybridized carbons (Fsp3) is 0.0317. The van der Waals surface area contributed by atoms with E-state index < -0.39 is 5.41 Å². The largest absolute Gasteiger partial charge is 0.247 e. The maximum absolute atomic E-state index is 5.58. The van der Waals surface area contributed by atoms with E-state index in [4.69, 9.17) is 4.98 Å². The van der Waals surface area contributed by atoms with Crippen molar-refractivity contribution in [1.82, 2.24) is 4.98 Å². The fourth-order valence-corrected chi connectivity index (χ4v) is 12.4. The normalized spacial score (nSPS) is 13.4. The zero-order chi connectivity index (χ0) is 43.2. The van der Waals surface area contributed by atoms with Crippen molar-refractivity contribution in [2.24, 2.45) is 0 Å². The van der Waals surface area contributed by atoms with Crippen LogP contribution in [-0.2, 0) is 5.41 Å². The second-order valence-corrected chi connectivity index (χ2v) is 18.5. The van der Waals surface area contributed by atoms with Crippen molar-refractivity contribution in [3.05, 3.63) is 252 Å². The fourth-order valence-electron chi connectivity index (χ4n) is 11.2. The molecule has 11 aromatic rings. The number of allylic oxidation sites excluding steroid dienone is 2. The van der Waals surface area contributed by atoms with Crippen molar-refractivity contribution in [3.8, 4) is 44.6 Å². The number of aryl methyl sites for hydroxylation is 1. The Kier molecular flexibility index (Phi) is 8.50. The molecular formula is C63H41NS. The molecule has 0 radical (unpaired) electrons. The van der Waals surface area contributed by atoms with Crippen LogP contribution < -0.4 is 0 Å². The van der Waals surface area contributed by atoms with E-state index in [0.717, 1.165) is 33.3 Å². The summed E-state index contributed by atoms with van der Waals surface area (Å²) >= 11 is 1.89. The van der Waals surface area contributed by atoms with Crippen molar-refractivity contribution in [2.75, 3.05) is 0 Å². The molecule has 1 aliphatic carbocycles. The van der Waals surface area contributed by atoms with Gasteiger partial charge in [0.05, 0.1) is 16.6 Å². The number of hydrogen-bond acceptors (Lipinski definition) is 2. The predicted molar refractivity (Wildman–Crippen MR) is 276 cm³/mol. The van der Waals surface area contributed by atoms with E-state index in [-0.39, 0.29) is 0 Å². The van der Waals surface area contributed by atoms with Gasteiger partial charge < -0.3 is 0 Å². The van der Waals surface area contributed by atoms with Gasteiger partial charge in [0.1, 0.15) is 0 Å². The molecule has 1 aliphatic heterocycles. The van der Waals surface area contributed by atoms with E-state index in [1.807, 2.05) is 23.9 Å². The van der Waals surface area contributed by atoms with Crippen LogP contribution in [-0.4, -0.2) is 4.98 Å². The molecule has 1 nitrogen and oxygen atoms in total. The number of nitrogens with zero attached hydrogens (tertiary/aromatic N) is 1. The summed E-state index contributed by atoms with van der Waals surface area (Å²) < 4.78 is 0. The zero-order valence-corrected chi connectivity index (χ0v) is 36.7. The quantitative estimate of drug-likeness (QED) is 0.126. The maximum atomic E-state index is 5.58. The standard InChI is InChI=1S/C63H41NS/c1-3-4-21-45-39(2)51-35-43(30-32-48(51)47-23-9-8-22-46(45)47)41-19-16-20-42(34-41)44-31-33-50-52-38-58-53(37-54(52)62(64-59(50)36-44)40-17-6-5-7-18-40)49-24-10-11-25-55(49)63(58)56-26-12-14-28-60(56)65-61-29-15-13-27-57(61)63/h3-38H,1H2,2H3/b21-4-. The number of hydrogen-bond donors (Lipinski definition) is 0. The maximum Gasteiger partial charge on any atom is 0.0788 e. The molecule has 2 aliphatic rings. The van der Waals surface area contributed by atoms with Crippen LogP contribution in [0.3, 0.4) is 0 Å². The van der Waals surface area contributed by atoms with E-state index >= 15 is 0 Å². The van der Waals surface area contributed by atoms with Gasteiger partial charge in [-0.2, -0.15) is 0 Å². The summed E-state index contributed by atoms with van der Waals surface area (Å²) in [4.78, 5) is 8.20. The Labute approximate surface area is 383 Å². The van der Waals surface area contributed by atoms with Gasteiger partial charge in [-0.15, -0.1) is 0 Å². The zero-order valence-electron chi connectivity index (χ0n) is 35.8. The highest BCUT2D eigenvalue weighted by Crippen LogP contribution is 2.63. The van der Waals surface area contributed by atoms with Gasteiger partial charge in [0.2, 0.25) is 0 Å². The van der Waals surface area contributed by atoms with E-state index in [9.17, 15) is 0 Å². The Hall–Kier alpha value is -7.78. The van der Waals surface area contributed by atoms with E-state index in [1.165, 1.54) is 97.7 Å². The van der Waals surface area contributed by atoms with Gasteiger partial charge in [0, 0.05) is 26.1 Å². The topological polar surface area (TPSA) is 12.9 Å². The van der Waals surface area contributed by atoms with Crippen LogP contribution >= 0.6 is 11.8 Å². The van der Waals surface area contributed by atoms with E-state index in [0.29, 0.717) is 0 Å². The van der Waals surface area contributed by atoms with Crippen molar-refractivity contribution in [1.29, 1.82) is 0 Å². The van der Waals surface area contributed by atoms with Gasteiger partial charge >= 0.3 is 0 Å². The molecule has 0 fully saturated rings. The lowest BCUT2D eigenvalue weighted by Gasteiger charge is -2.39. The van der Waals surface area contributed by atoms with Crippen LogP contribution in [0.4, 0.5) is 0 Å². The van der Waals surface area contributed by atoms with Crippen molar-refractivity contribution >= 4 is 61.1 Å². The van der Waals surface area contributed by atoms with Gasteiger partial charge in [-0.25, -0.2) is 4.98 Å². The summed E-state index contributed by atoms with van der Waals surface area (Å²) in [6, 6.07) is 74.4.